The zero-order valence-electron chi connectivity index (χ0n) is 8.71. The molecule has 0 spiro atoms. The van der Waals surface area contributed by atoms with Crippen LogP contribution in [0.2, 0.25) is 15.2 Å². The second-order valence-electron chi connectivity index (χ2n) is 3.37. The largest absolute Gasteiger partial charge is 0.219 e. The molecule has 0 fully saturated rings. The lowest BCUT2D eigenvalue weighted by Gasteiger charge is -2.05. The molecule has 0 saturated heterocycles. The van der Waals surface area contributed by atoms with Gasteiger partial charge in [-0.1, -0.05) is 34.8 Å². The molecule has 3 nitrogen and oxygen atoms in total. The summed E-state index contributed by atoms with van der Waals surface area (Å²) in [5.41, 5.74) is 1.49. The highest BCUT2D eigenvalue weighted by Gasteiger charge is 2.15. The summed E-state index contributed by atoms with van der Waals surface area (Å²) in [4.78, 5) is 0. The molecule has 0 aliphatic rings. The van der Waals surface area contributed by atoms with Crippen molar-refractivity contribution in [3.05, 3.63) is 44.7 Å². The van der Waals surface area contributed by atoms with Crippen LogP contribution < -0.4 is 0 Å². The van der Waals surface area contributed by atoms with Crippen molar-refractivity contribution in [2.24, 2.45) is 0 Å². The molecule has 0 aliphatic heterocycles. The van der Waals surface area contributed by atoms with E-state index in [4.69, 9.17) is 40.1 Å². The van der Waals surface area contributed by atoms with E-state index >= 15 is 0 Å². The highest BCUT2D eigenvalue weighted by Crippen LogP contribution is 2.28. The van der Waals surface area contributed by atoms with Crippen molar-refractivity contribution in [3.63, 3.8) is 0 Å². The van der Waals surface area contributed by atoms with Crippen molar-refractivity contribution < 1.29 is 0 Å². The van der Waals surface area contributed by atoms with E-state index in [9.17, 15) is 0 Å². The molecule has 0 N–H and O–H groups in total. The average molecular weight is 287 g/mol. The lowest BCUT2D eigenvalue weighted by molar-refractivity contribution is 0.863. The molecule has 0 aliphatic carbocycles. The fourth-order valence-corrected chi connectivity index (χ4v) is 2.24. The molecule has 1 aromatic heterocycles. The molecule has 0 unspecified atom stereocenters. The molecule has 0 atom stereocenters. The van der Waals surface area contributed by atoms with Crippen LogP contribution in [-0.2, 0) is 0 Å². The van der Waals surface area contributed by atoms with Crippen LogP contribution in [0.5, 0.6) is 0 Å². The van der Waals surface area contributed by atoms with Crippen molar-refractivity contribution in [2.75, 3.05) is 0 Å². The lowest BCUT2D eigenvalue weighted by Crippen LogP contribution is -1.97. The minimum absolute atomic E-state index is 0.245. The third-order valence-corrected chi connectivity index (χ3v) is 3.14. The maximum absolute atomic E-state index is 8.93. The van der Waals surface area contributed by atoms with Crippen LogP contribution in [0.4, 0.5) is 0 Å². The second kappa shape index (κ2) is 4.58. The predicted molar refractivity (Wildman–Crippen MR) is 68.0 cm³/mol. The SMILES string of the molecule is Cc1nn(-c2ccc(Cl)cc2Cl)c(Cl)c1C#N. The fourth-order valence-electron chi connectivity index (χ4n) is 1.44. The molecule has 0 bridgehead atoms. The smallest absolute Gasteiger partial charge is 0.150 e. The maximum atomic E-state index is 8.93. The Bertz CT molecular complexity index is 626. The van der Waals surface area contributed by atoms with Crippen LogP contribution in [0.25, 0.3) is 5.69 Å². The van der Waals surface area contributed by atoms with Gasteiger partial charge < -0.3 is 0 Å². The normalized spacial score (nSPS) is 10.3. The van der Waals surface area contributed by atoms with Gasteiger partial charge in [0.15, 0.2) is 5.15 Å². The molecule has 0 amide bonds. The summed E-state index contributed by atoms with van der Waals surface area (Å²) in [7, 11) is 0. The van der Waals surface area contributed by atoms with Gasteiger partial charge in [0.1, 0.15) is 11.6 Å². The molecule has 86 valence electrons. The number of rotatable bonds is 1. The van der Waals surface area contributed by atoms with Crippen molar-refractivity contribution in [1.29, 1.82) is 5.26 Å². The Morgan fingerprint density at radius 2 is 2.00 bits per heavy atom. The van der Waals surface area contributed by atoms with Gasteiger partial charge in [-0.2, -0.15) is 10.4 Å². The third kappa shape index (κ3) is 2.12. The van der Waals surface area contributed by atoms with Crippen molar-refractivity contribution in [3.8, 4) is 11.8 Å². The Morgan fingerprint density at radius 3 is 2.53 bits per heavy atom. The van der Waals surface area contributed by atoms with Crippen LogP contribution in [0.15, 0.2) is 18.2 Å². The van der Waals surface area contributed by atoms with E-state index in [1.54, 1.807) is 25.1 Å². The predicted octanol–water partition coefficient (Wildman–Crippen LogP) is 4.01. The summed E-state index contributed by atoms with van der Waals surface area (Å²) in [6, 6.07) is 6.98. The van der Waals surface area contributed by atoms with E-state index in [2.05, 4.69) is 5.10 Å². The number of hydrogen-bond acceptors (Lipinski definition) is 2. The first-order chi connectivity index (χ1) is 8.04. The summed E-state index contributed by atoms with van der Waals surface area (Å²) < 4.78 is 1.42. The van der Waals surface area contributed by atoms with E-state index in [1.807, 2.05) is 6.07 Å². The first-order valence-corrected chi connectivity index (χ1v) is 5.78. The van der Waals surface area contributed by atoms with Gasteiger partial charge in [0.25, 0.3) is 0 Å². The van der Waals surface area contributed by atoms with E-state index in [-0.39, 0.29) is 5.15 Å². The van der Waals surface area contributed by atoms with Crippen LogP contribution in [0, 0.1) is 18.3 Å². The number of nitrogens with zero attached hydrogens (tertiary/aromatic N) is 3. The van der Waals surface area contributed by atoms with Crippen molar-refractivity contribution in [2.45, 2.75) is 6.92 Å². The molecule has 0 radical (unpaired) electrons. The van der Waals surface area contributed by atoms with Gasteiger partial charge in [-0.25, -0.2) is 4.68 Å². The molecular weight excluding hydrogens is 281 g/mol. The molecule has 17 heavy (non-hydrogen) atoms. The minimum atomic E-state index is 0.245. The number of aromatic nitrogens is 2. The molecule has 1 aromatic carbocycles. The summed E-state index contributed by atoms with van der Waals surface area (Å²) in [5.74, 6) is 0. The summed E-state index contributed by atoms with van der Waals surface area (Å²) in [6.45, 7) is 1.71. The minimum Gasteiger partial charge on any atom is -0.219 e. The Labute approximate surface area is 113 Å². The standard InChI is InChI=1S/C11H6Cl3N3/c1-6-8(5-15)11(14)17(16-6)10-3-2-7(12)4-9(10)13/h2-4H,1H3. The third-order valence-electron chi connectivity index (χ3n) is 2.25. The Kier molecular flexibility index (Phi) is 3.30. The molecule has 6 heteroatoms. The monoisotopic (exact) mass is 285 g/mol. The first-order valence-electron chi connectivity index (χ1n) is 4.65. The average Bonchev–Trinajstić information content (AvgIpc) is 2.54. The topological polar surface area (TPSA) is 41.6 Å². The fraction of sp³-hybridized carbons (Fsp3) is 0.0909. The Balaban J connectivity index is 2.66. The quantitative estimate of drug-likeness (QED) is 0.794. The van der Waals surface area contributed by atoms with Gasteiger partial charge in [-0.05, 0) is 25.1 Å². The second-order valence-corrected chi connectivity index (χ2v) is 4.57. The van der Waals surface area contributed by atoms with Crippen LogP contribution in [0.1, 0.15) is 11.3 Å². The maximum Gasteiger partial charge on any atom is 0.150 e. The van der Waals surface area contributed by atoms with E-state index in [0.29, 0.717) is 27.0 Å². The van der Waals surface area contributed by atoms with Crippen LogP contribution in [-0.4, -0.2) is 9.78 Å². The molecule has 1 heterocycles. The van der Waals surface area contributed by atoms with E-state index < -0.39 is 0 Å². The number of benzene rings is 1. The van der Waals surface area contributed by atoms with Gasteiger partial charge in [-0.3, -0.25) is 0 Å². The lowest BCUT2D eigenvalue weighted by atomic mass is 10.3. The zero-order chi connectivity index (χ0) is 12.6. The number of halogens is 3. The van der Waals surface area contributed by atoms with Crippen LogP contribution in [0.3, 0.4) is 0 Å². The Hall–Kier alpha value is -1.21. The molecule has 2 rings (SSSR count). The zero-order valence-corrected chi connectivity index (χ0v) is 11.0. The summed E-state index contributed by atoms with van der Waals surface area (Å²) in [6.07, 6.45) is 0. The van der Waals surface area contributed by atoms with Gasteiger partial charge >= 0.3 is 0 Å². The highest BCUT2D eigenvalue weighted by molar-refractivity contribution is 6.36. The summed E-state index contributed by atoms with van der Waals surface area (Å²) in [5, 5.41) is 14.3. The number of hydrogen-bond donors (Lipinski definition) is 0. The molecule has 2 aromatic rings. The Morgan fingerprint density at radius 1 is 1.29 bits per heavy atom. The van der Waals surface area contributed by atoms with E-state index in [1.165, 1.54) is 4.68 Å². The van der Waals surface area contributed by atoms with Gasteiger partial charge in [0.05, 0.1) is 16.4 Å². The van der Waals surface area contributed by atoms with Gasteiger partial charge in [-0.15, -0.1) is 0 Å². The van der Waals surface area contributed by atoms with Gasteiger partial charge in [0.2, 0.25) is 0 Å². The highest BCUT2D eigenvalue weighted by atomic mass is 35.5. The van der Waals surface area contributed by atoms with Crippen LogP contribution >= 0.6 is 34.8 Å². The summed E-state index contributed by atoms with van der Waals surface area (Å²) >= 11 is 17.9. The van der Waals surface area contributed by atoms with Gasteiger partial charge in [0, 0.05) is 5.02 Å². The first kappa shape index (κ1) is 12.3. The number of aryl methyl sites for hydroxylation is 1. The molecule has 0 saturated carbocycles. The van der Waals surface area contributed by atoms with E-state index in [0.717, 1.165) is 0 Å². The molecular formula is C11H6Cl3N3. The number of nitriles is 1. The van der Waals surface area contributed by atoms with Crippen molar-refractivity contribution in [1.82, 2.24) is 9.78 Å². The van der Waals surface area contributed by atoms with Crippen molar-refractivity contribution >= 4 is 34.8 Å².